The maximum atomic E-state index is 13.4. The summed E-state index contributed by atoms with van der Waals surface area (Å²) in [4.78, 5) is 98.6. The number of benzene rings is 10. The second-order valence-electron chi connectivity index (χ2n) is 28.7. The molecule has 32 heteroatoms. The second-order valence-corrected chi connectivity index (χ2v) is 37.4. The lowest BCUT2D eigenvalue weighted by molar-refractivity contribution is -0.185. The summed E-state index contributed by atoms with van der Waals surface area (Å²) in [5.74, 6) is -16.4. The van der Waals surface area contributed by atoms with Crippen LogP contribution in [-0.4, -0.2) is 118 Å². The molecule has 4 bridgehead atoms. The Labute approximate surface area is 770 Å². The van der Waals surface area contributed by atoms with Crippen molar-refractivity contribution in [2.75, 3.05) is 0 Å². The second kappa shape index (κ2) is 41.5. The van der Waals surface area contributed by atoms with E-state index in [2.05, 4.69) is 192 Å². The van der Waals surface area contributed by atoms with E-state index in [4.69, 9.17) is 38.3 Å². The number of aromatic hydroxyl groups is 3. The van der Waals surface area contributed by atoms with Gasteiger partial charge in [-0.25, -0.2) is 24.4 Å². The molecule has 4 heterocycles. The van der Waals surface area contributed by atoms with Crippen LogP contribution in [0.25, 0.3) is 0 Å². The molecular formula is C92H78F4I4N4O18S2+2. The number of nitrogens with zero attached hydrogens (tertiary/aromatic N) is 4. The first-order valence-corrected chi connectivity index (χ1v) is 44.7. The number of carboxylic acids is 1. The van der Waals surface area contributed by atoms with Gasteiger partial charge in [0.2, 0.25) is 0 Å². The predicted octanol–water partition coefficient (Wildman–Crippen LogP) is 20.0. The molecule has 4 N–H and O–H groups in total. The first-order valence-electron chi connectivity index (χ1n) is 37.9. The predicted molar refractivity (Wildman–Crippen MR) is 483 cm³/mol. The Balaban J connectivity index is 0.000000140. The average molecular weight is 2180 g/mol. The molecule has 12 unspecified atom stereocenters. The summed E-state index contributed by atoms with van der Waals surface area (Å²) in [6, 6.07) is 83.7. The van der Waals surface area contributed by atoms with Gasteiger partial charge in [0.25, 0.3) is 0 Å². The molecule has 2 saturated heterocycles. The molecule has 18 rings (SSSR count). The van der Waals surface area contributed by atoms with Crippen molar-refractivity contribution < 1.29 is 105 Å². The number of carbonyl (C=O) groups is 7. The van der Waals surface area contributed by atoms with Gasteiger partial charge in [0.05, 0.1) is 59.7 Å². The van der Waals surface area contributed by atoms with Crippen LogP contribution in [-0.2, 0) is 69.5 Å². The van der Waals surface area contributed by atoms with Crippen molar-refractivity contribution in [1.82, 2.24) is 19.1 Å². The molecule has 12 aromatic rings. The summed E-state index contributed by atoms with van der Waals surface area (Å²) in [6.45, 7) is 0.828. The number of hydrogen-bond acceptors (Lipinski definition) is 19. The monoisotopic (exact) mass is 2170 g/mol. The van der Waals surface area contributed by atoms with E-state index in [-0.39, 0.29) is 64.2 Å². The van der Waals surface area contributed by atoms with Gasteiger partial charge in [0.1, 0.15) is 83.1 Å². The zero-order valence-electron chi connectivity index (χ0n) is 64.7. The van der Waals surface area contributed by atoms with Crippen molar-refractivity contribution in [3.05, 3.63) is 307 Å². The number of carboxylic acid groups (broad SMARTS) is 1. The summed E-state index contributed by atoms with van der Waals surface area (Å²) >= 11 is 8.08. The highest BCUT2D eigenvalue weighted by Crippen LogP contribution is 2.61. The number of fused-ring (bicyclic) bond motifs is 2. The summed E-state index contributed by atoms with van der Waals surface area (Å²) in [5, 5.41) is 37.9. The van der Waals surface area contributed by atoms with Crippen molar-refractivity contribution in [3.8, 4) is 46.0 Å². The molecule has 4 aliphatic carbocycles. The van der Waals surface area contributed by atoms with Crippen molar-refractivity contribution >= 4 is 154 Å². The zero-order valence-corrected chi connectivity index (χ0v) is 75.0. The smallest absolute Gasteiger partial charge is 0.377 e. The minimum atomic E-state index is -3.71. The van der Waals surface area contributed by atoms with Crippen LogP contribution in [0, 0.1) is 61.6 Å². The molecule has 4 saturated carbocycles. The number of rotatable bonds is 17. The number of hydrogen-bond donors (Lipinski definition) is 4. The Hall–Kier alpha value is -10.6. The number of phenolic OH excluding ortho intramolecular Hbond substituents is 3. The van der Waals surface area contributed by atoms with Crippen LogP contribution in [0.2, 0.25) is 0 Å². The Kier molecular flexibility index (Phi) is 31.0. The fourth-order valence-corrected chi connectivity index (χ4v) is 22.8. The highest BCUT2D eigenvalue weighted by atomic mass is 127. The van der Waals surface area contributed by atoms with Crippen LogP contribution in [0.5, 0.6) is 46.0 Å². The first-order chi connectivity index (χ1) is 59.0. The van der Waals surface area contributed by atoms with Crippen LogP contribution in [0.15, 0.2) is 322 Å². The highest BCUT2D eigenvalue weighted by molar-refractivity contribution is 14.1. The number of carbonyl (C=O) groups excluding carboxylic acids is 6. The molecule has 22 nitrogen and oxygen atoms in total. The van der Waals surface area contributed by atoms with Crippen LogP contribution >= 0.6 is 90.4 Å². The van der Waals surface area contributed by atoms with Gasteiger partial charge in [-0.15, -0.1) is 0 Å². The number of halogens is 8. The third-order valence-corrected chi connectivity index (χ3v) is 28.3. The molecule has 10 aromatic carbocycles. The molecule has 2 aromatic heterocycles. The summed E-state index contributed by atoms with van der Waals surface area (Å²) in [5.41, 5.74) is 0. The summed E-state index contributed by atoms with van der Waals surface area (Å²) < 4.78 is 95.0. The van der Waals surface area contributed by atoms with E-state index in [1.165, 1.54) is 63.3 Å². The van der Waals surface area contributed by atoms with E-state index in [1.807, 2.05) is 90.4 Å². The summed E-state index contributed by atoms with van der Waals surface area (Å²) in [7, 11) is -0.0293. The maximum absolute atomic E-state index is 13.4. The molecule has 0 radical (unpaired) electrons. The van der Waals surface area contributed by atoms with Crippen molar-refractivity contribution in [2.45, 2.75) is 99.7 Å². The molecular weight excluding hydrogens is 2100 g/mol. The van der Waals surface area contributed by atoms with Crippen molar-refractivity contribution in [2.24, 2.45) is 47.3 Å². The SMILES string of the molecule is C.CC(F)(F)C(=O)OC1C2CC3C1OC(=O)C3C2C(=O)O.CC(F)(F)C(=O)OC1C2CC3C1OC(=O)C3C2C(=O)Oc1ccc(Oc2cc(I)c(O)c(I)c2)cc1.O=C(n1ccnc1)n1ccnc1.Oc1ccc(Oc2cc(I)c(O)c(I)c2)cc1.c1ccc([S+](c2ccccc2)c2ccccc2)cc1.c1ccc([S+](c2ccccc2)c2ccccc2)cc1. The zero-order chi connectivity index (χ0) is 87.4. The van der Waals surface area contributed by atoms with Crippen LogP contribution in [0.4, 0.5) is 22.4 Å². The molecule has 0 amide bonds. The van der Waals surface area contributed by atoms with Gasteiger partial charge < -0.3 is 53.6 Å². The molecule has 6 fully saturated rings. The largest absolute Gasteiger partial charge is 0.508 e. The normalized spacial score (nSPS) is 20.5. The van der Waals surface area contributed by atoms with E-state index >= 15 is 0 Å². The molecule has 0 spiro atoms. The maximum Gasteiger partial charge on any atom is 0.377 e. The fourth-order valence-electron chi connectivity index (χ4n) is 15.2. The molecule has 124 heavy (non-hydrogen) atoms. The number of imidazole rings is 2. The quantitative estimate of drug-likeness (QED) is 0.0164. The van der Waals surface area contributed by atoms with Crippen molar-refractivity contribution in [3.63, 3.8) is 0 Å². The van der Waals surface area contributed by atoms with Crippen molar-refractivity contribution in [1.29, 1.82) is 0 Å². The Morgan fingerprint density at radius 3 is 1.03 bits per heavy atom. The van der Waals surface area contributed by atoms with E-state index in [0.29, 0.717) is 56.8 Å². The Morgan fingerprint density at radius 2 is 0.734 bits per heavy atom. The van der Waals surface area contributed by atoms with Crippen LogP contribution in [0.1, 0.15) is 34.1 Å². The van der Waals surface area contributed by atoms with Gasteiger partial charge in [-0.1, -0.05) is 117 Å². The number of ether oxygens (including phenoxy) is 7. The third kappa shape index (κ3) is 22.2. The number of aliphatic carboxylic acids is 1. The Morgan fingerprint density at radius 1 is 0.435 bits per heavy atom. The lowest BCUT2D eigenvalue weighted by Crippen LogP contribution is -2.46. The lowest BCUT2D eigenvalue weighted by atomic mass is 9.78. The van der Waals surface area contributed by atoms with E-state index < -0.39 is 114 Å². The van der Waals surface area contributed by atoms with Gasteiger partial charge in [0.15, 0.2) is 29.4 Å². The van der Waals surface area contributed by atoms with Gasteiger partial charge in [0, 0.05) is 62.3 Å². The minimum absolute atomic E-state index is 0. The minimum Gasteiger partial charge on any atom is -0.508 e. The van der Waals surface area contributed by atoms with Gasteiger partial charge in [-0.3, -0.25) is 28.3 Å². The van der Waals surface area contributed by atoms with E-state index in [1.54, 1.807) is 85.5 Å². The highest BCUT2D eigenvalue weighted by Gasteiger charge is 2.72. The number of phenols is 3. The van der Waals surface area contributed by atoms with Gasteiger partial charge in [-0.2, -0.15) is 17.6 Å². The van der Waals surface area contributed by atoms with Crippen LogP contribution < -0.4 is 14.2 Å². The third-order valence-electron chi connectivity index (χ3n) is 20.5. The average Bonchev–Trinajstić information content (AvgIpc) is 1.55. The first kappa shape index (κ1) is 92.6. The Bertz CT molecular complexity index is 5290. The number of aromatic nitrogens is 4. The molecule has 6 aliphatic rings. The topological polar surface area (TPSA) is 301 Å². The molecule has 2 aliphatic heterocycles. The number of alkyl halides is 4. The van der Waals surface area contributed by atoms with Gasteiger partial charge in [-0.05, 0) is 249 Å². The van der Waals surface area contributed by atoms with E-state index in [9.17, 15) is 66.4 Å². The van der Waals surface area contributed by atoms with Gasteiger partial charge >= 0.3 is 53.7 Å². The standard InChI is InChI=1S/C24H18F2I2O8.2C18H15S.C12H12F2O6.C12H8I2O3.C7H6N4O.CH4/c1-24(25,26)23(32)36-20-13-8-12-17(22(31)35-19(12)20)16(13)21(30)34-10-4-2-9(3-5-10)33-11-6-14(27)18(29)15(28)7-11;2*1-4-10-16(11-5-1)19(17-12-6-2-7-13-17)18-14-8-3-9-15-18;1-12(13,14)11(18)20-8-3-2-4-6(5(3)9(15)16)10(17)19-7(4)8;13-10-5-9(6-11(14)12(10)16)17-8-3-1-7(15)2-4-8;12-7(10-3-1-8-5-10)11-4-2-9-6-11;/h2-7,12-13,16-17,19-20,29H,8H2,1H3;2*1-15H;3-8H,2H2,1H3,(H,15,16);1-6,15-16H;1-6H;1H4/q;2*+1;;;;. The number of esters is 5. The lowest BCUT2D eigenvalue weighted by Gasteiger charge is -2.30. The molecule has 640 valence electrons. The van der Waals surface area contributed by atoms with Crippen LogP contribution in [0.3, 0.4) is 0 Å². The fraction of sp³-hybridized carbons (Fsp3) is 0.207. The molecule has 12 atom stereocenters. The van der Waals surface area contributed by atoms with E-state index in [0.717, 1.165) is 7.14 Å². The summed E-state index contributed by atoms with van der Waals surface area (Å²) in [6.07, 6.45) is 6.00.